The van der Waals surface area contributed by atoms with Crippen LogP contribution in [0.2, 0.25) is 0 Å². The minimum absolute atomic E-state index is 0.180. The van der Waals surface area contributed by atoms with Crippen LogP contribution in [0.1, 0.15) is 24.8 Å². The smallest absolute Gasteiger partial charge is 0.312 e. The SMILES string of the molecule is CC(CNC(=O)CC(=O)O)c1ccccc1. The second-order valence-electron chi connectivity index (χ2n) is 3.69. The van der Waals surface area contributed by atoms with Gasteiger partial charge in [0.2, 0.25) is 5.91 Å². The molecule has 0 aromatic heterocycles. The minimum Gasteiger partial charge on any atom is -0.481 e. The first kappa shape index (κ1) is 12.2. The summed E-state index contributed by atoms with van der Waals surface area (Å²) in [4.78, 5) is 21.4. The average molecular weight is 221 g/mol. The maximum Gasteiger partial charge on any atom is 0.312 e. The molecule has 1 aromatic carbocycles. The van der Waals surface area contributed by atoms with E-state index in [9.17, 15) is 9.59 Å². The molecule has 0 saturated carbocycles. The van der Waals surface area contributed by atoms with Crippen LogP contribution in [0.4, 0.5) is 0 Å². The summed E-state index contributed by atoms with van der Waals surface area (Å²) in [5.74, 6) is -1.38. The highest BCUT2D eigenvalue weighted by Crippen LogP contribution is 2.12. The third kappa shape index (κ3) is 4.13. The second kappa shape index (κ2) is 5.90. The zero-order valence-electron chi connectivity index (χ0n) is 9.14. The Labute approximate surface area is 94.3 Å². The van der Waals surface area contributed by atoms with Crippen LogP contribution in [0, 0.1) is 0 Å². The minimum atomic E-state index is -1.11. The molecule has 0 spiro atoms. The Balaban J connectivity index is 2.39. The van der Waals surface area contributed by atoms with E-state index in [-0.39, 0.29) is 5.92 Å². The lowest BCUT2D eigenvalue weighted by atomic mass is 10.0. The van der Waals surface area contributed by atoms with Gasteiger partial charge in [0.05, 0.1) is 0 Å². The van der Waals surface area contributed by atoms with Crippen molar-refractivity contribution < 1.29 is 14.7 Å². The summed E-state index contributed by atoms with van der Waals surface area (Å²) < 4.78 is 0. The van der Waals surface area contributed by atoms with Gasteiger partial charge in [-0.15, -0.1) is 0 Å². The standard InChI is InChI=1S/C12H15NO3/c1-9(10-5-3-2-4-6-10)8-13-11(14)7-12(15)16/h2-6,9H,7-8H2,1H3,(H,13,14)(H,15,16). The summed E-state index contributed by atoms with van der Waals surface area (Å²) in [5.41, 5.74) is 1.12. The molecule has 1 aromatic rings. The molecule has 1 atom stereocenters. The molecule has 0 fully saturated rings. The lowest BCUT2D eigenvalue weighted by molar-refractivity contribution is -0.140. The molecule has 16 heavy (non-hydrogen) atoms. The molecular formula is C12H15NO3. The van der Waals surface area contributed by atoms with Crippen LogP contribution in [-0.2, 0) is 9.59 Å². The van der Waals surface area contributed by atoms with Gasteiger partial charge in [-0.2, -0.15) is 0 Å². The van der Waals surface area contributed by atoms with Crippen molar-refractivity contribution in [1.82, 2.24) is 5.32 Å². The maximum atomic E-state index is 11.1. The summed E-state index contributed by atoms with van der Waals surface area (Å²) in [7, 11) is 0. The monoisotopic (exact) mass is 221 g/mol. The fraction of sp³-hybridized carbons (Fsp3) is 0.333. The Morgan fingerprint density at radius 1 is 1.31 bits per heavy atom. The van der Waals surface area contributed by atoms with Gasteiger partial charge < -0.3 is 10.4 Å². The van der Waals surface area contributed by atoms with E-state index in [0.29, 0.717) is 6.54 Å². The molecular weight excluding hydrogens is 206 g/mol. The van der Waals surface area contributed by atoms with Crippen LogP contribution >= 0.6 is 0 Å². The van der Waals surface area contributed by atoms with Crippen LogP contribution in [0.3, 0.4) is 0 Å². The molecule has 4 nitrogen and oxygen atoms in total. The van der Waals surface area contributed by atoms with Crippen molar-refractivity contribution in [1.29, 1.82) is 0 Å². The number of rotatable bonds is 5. The van der Waals surface area contributed by atoms with Crippen LogP contribution in [-0.4, -0.2) is 23.5 Å². The third-order valence-electron chi connectivity index (χ3n) is 2.29. The highest BCUT2D eigenvalue weighted by molar-refractivity contribution is 5.93. The normalized spacial score (nSPS) is 11.8. The molecule has 0 aliphatic heterocycles. The lowest BCUT2D eigenvalue weighted by Crippen LogP contribution is -2.29. The molecule has 0 saturated heterocycles. The highest BCUT2D eigenvalue weighted by Gasteiger charge is 2.09. The Hall–Kier alpha value is -1.84. The molecule has 0 aliphatic rings. The predicted octanol–water partition coefficient (Wildman–Crippen LogP) is 1.38. The number of nitrogens with one attached hydrogen (secondary N) is 1. The van der Waals surface area contributed by atoms with Crippen molar-refractivity contribution in [3.63, 3.8) is 0 Å². The molecule has 1 unspecified atom stereocenters. The number of carbonyl (C=O) groups is 2. The second-order valence-corrected chi connectivity index (χ2v) is 3.69. The zero-order chi connectivity index (χ0) is 12.0. The highest BCUT2D eigenvalue weighted by atomic mass is 16.4. The third-order valence-corrected chi connectivity index (χ3v) is 2.29. The van der Waals surface area contributed by atoms with Gasteiger partial charge in [0.25, 0.3) is 0 Å². The number of carbonyl (C=O) groups excluding carboxylic acids is 1. The van der Waals surface area contributed by atoms with E-state index < -0.39 is 18.3 Å². The van der Waals surface area contributed by atoms with Crippen LogP contribution in [0.25, 0.3) is 0 Å². The lowest BCUT2D eigenvalue weighted by Gasteiger charge is -2.12. The van der Waals surface area contributed by atoms with Crippen LogP contribution in [0.5, 0.6) is 0 Å². The fourth-order valence-corrected chi connectivity index (χ4v) is 1.37. The molecule has 0 radical (unpaired) electrons. The number of carboxylic acid groups (broad SMARTS) is 1. The summed E-state index contributed by atoms with van der Waals surface area (Å²) in [5, 5.41) is 11.0. The van der Waals surface area contributed by atoms with Crippen LogP contribution < -0.4 is 5.32 Å². The van der Waals surface area contributed by atoms with Gasteiger partial charge >= 0.3 is 5.97 Å². The summed E-state index contributed by atoms with van der Waals surface area (Å²) in [6, 6.07) is 9.76. The van der Waals surface area contributed by atoms with E-state index in [1.807, 2.05) is 37.3 Å². The maximum absolute atomic E-state index is 11.1. The number of carboxylic acids is 1. The first-order valence-corrected chi connectivity index (χ1v) is 5.13. The van der Waals surface area contributed by atoms with Crippen molar-refractivity contribution in [2.24, 2.45) is 0 Å². The van der Waals surface area contributed by atoms with Gasteiger partial charge in [-0.05, 0) is 11.5 Å². The number of hydrogen-bond acceptors (Lipinski definition) is 2. The van der Waals surface area contributed by atoms with E-state index in [0.717, 1.165) is 5.56 Å². The molecule has 0 bridgehead atoms. The van der Waals surface area contributed by atoms with E-state index in [1.165, 1.54) is 0 Å². The van der Waals surface area contributed by atoms with Gasteiger partial charge in [0.1, 0.15) is 6.42 Å². The zero-order valence-corrected chi connectivity index (χ0v) is 9.14. The number of aliphatic carboxylic acids is 1. The van der Waals surface area contributed by atoms with Crippen molar-refractivity contribution in [2.75, 3.05) is 6.54 Å². The van der Waals surface area contributed by atoms with Gasteiger partial charge in [-0.3, -0.25) is 9.59 Å². The van der Waals surface area contributed by atoms with E-state index in [1.54, 1.807) is 0 Å². The Bertz CT molecular complexity index is 362. The summed E-state index contributed by atoms with van der Waals surface area (Å²) in [6.45, 7) is 2.44. The van der Waals surface area contributed by atoms with Crippen LogP contribution in [0.15, 0.2) is 30.3 Å². The van der Waals surface area contributed by atoms with E-state index >= 15 is 0 Å². The van der Waals surface area contributed by atoms with Crippen molar-refractivity contribution in [2.45, 2.75) is 19.3 Å². The van der Waals surface area contributed by atoms with E-state index in [4.69, 9.17) is 5.11 Å². The van der Waals surface area contributed by atoms with Crippen molar-refractivity contribution in [3.05, 3.63) is 35.9 Å². The first-order chi connectivity index (χ1) is 7.59. The molecule has 4 heteroatoms. The molecule has 86 valence electrons. The molecule has 1 rings (SSSR count). The number of hydrogen-bond donors (Lipinski definition) is 2. The molecule has 0 aliphatic carbocycles. The quantitative estimate of drug-likeness (QED) is 0.738. The summed E-state index contributed by atoms with van der Waals surface area (Å²) in [6.07, 6.45) is -0.471. The predicted molar refractivity (Wildman–Crippen MR) is 60.1 cm³/mol. The number of amides is 1. The van der Waals surface area contributed by atoms with Gasteiger partial charge in [0, 0.05) is 6.54 Å². The Kier molecular flexibility index (Phi) is 4.51. The number of benzene rings is 1. The Morgan fingerprint density at radius 2 is 1.94 bits per heavy atom. The van der Waals surface area contributed by atoms with Gasteiger partial charge in [-0.25, -0.2) is 0 Å². The first-order valence-electron chi connectivity index (χ1n) is 5.13. The topological polar surface area (TPSA) is 66.4 Å². The average Bonchev–Trinajstić information content (AvgIpc) is 2.26. The van der Waals surface area contributed by atoms with Gasteiger partial charge in [0.15, 0.2) is 0 Å². The summed E-state index contributed by atoms with van der Waals surface area (Å²) >= 11 is 0. The molecule has 1 amide bonds. The van der Waals surface area contributed by atoms with E-state index in [2.05, 4.69) is 5.32 Å². The largest absolute Gasteiger partial charge is 0.481 e. The fourth-order valence-electron chi connectivity index (χ4n) is 1.37. The van der Waals surface area contributed by atoms with Crippen molar-refractivity contribution >= 4 is 11.9 Å². The Morgan fingerprint density at radius 3 is 2.50 bits per heavy atom. The molecule has 0 heterocycles. The van der Waals surface area contributed by atoms with Gasteiger partial charge in [-0.1, -0.05) is 37.3 Å². The molecule has 2 N–H and O–H groups in total. The van der Waals surface area contributed by atoms with Crippen molar-refractivity contribution in [3.8, 4) is 0 Å².